The number of hydrogen-bond acceptors (Lipinski definition) is 9. The first-order valence-electron chi connectivity index (χ1n) is 14.3. The molecule has 1 saturated heterocycles. The molecule has 0 aromatic heterocycles. The van der Waals surface area contributed by atoms with Gasteiger partial charge in [-0.2, -0.15) is 0 Å². The van der Waals surface area contributed by atoms with E-state index in [9.17, 15) is 24.3 Å². The van der Waals surface area contributed by atoms with E-state index in [0.29, 0.717) is 22.3 Å². The monoisotopic (exact) mass is 720 g/mol. The lowest BCUT2D eigenvalue weighted by atomic mass is 9.91. The summed E-state index contributed by atoms with van der Waals surface area (Å²) in [5, 5.41) is 15.3. The van der Waals surface area contributed by atoms with Crippen molar-refractivity contribution in [3.63, 3.8) is 0 Å². The number of aliphatic hydroxyl groups excluding tert-OH is 1. The second kappa shape index (κ2) is 15.1. The molecule has 11 nitrogen and oxygen atoms in total. The van der Waals surface area contributed by atoms with Crippen molar-refractivity contribution in [2.45, 2.75) is 76.5 Å². The van der Waals surface area contributed by atoms with Crippen LogP contribution in [0.5, 0.6) is 0 Å². The number of halogens is 1. The van der Waals surface area contributed by atoms with Gasteiger partial charge in [-0.1, -0.05) is 24.3 Å². The highest BCUT2D eigenvalue weighted by Crippen LogP contribution is 2.31. The maximum absolute atomic E-state index is 13.2. The number of rotatable bonds is 11. The number of nitrogens with one attached hydrogen (secondary N) is 2. The summed E-state index contributed by atoms with van der Waals surface area (Å²) in [6.07, 6.45) is 0.366. The number of aliphatic hydroxyl groups is 1. The third-order valence-electron chi connectivity index (χ3n) is 6.96. The van der Waals surface area contributed by atoms with Gasteiger partial charge in [0.15, 0.2) is 0 Å². The molecule has 2 aromatic rings. The van der Waals surface area contributed by atoms with E-state index in [2.05, 4.69) is 33.2 Å². The standard InChI is InChI=1S/C32H37IN2O9/c1-32(2,3)44-27(37)12-11-22(17-36)35-30(39)20-8-6-7-19(13-20)16-34-29(38)21-14-25-28(42-18-41-25)26(15-21)43-31(40)23-9-4-5-10-24(23)33/h4-10,13-14,22,25-26,28,36H,11-12,15-18H2,1-3H3,(H,34,38)(H,35,39)/t22-,25+,26+,28+/m0/s1. The van der Waals surface area contributed by atoms with Crippen molar-refractivity contribution in [2.24, 2.45) is 0 Å². The lowest BCUT2D eigenvalue weighted by Gasteiger charge is -2.30. The molecule has 2 aromatic carbocycles. The Labute approximate surface area is 269 Å². The molecular weight excluding hydrogens is 683 g/mol. The molecule has 0 unspecified atom stereocenters. The minimum absolute atomic E-state index is 0.0324. The maximum atomic E-state index is 13.2. The zero-order chi connectivity index (χ0) is 31.9. The number of carbonyl (C=O) groups is 4. The van der Waals surface area contributed by atoms with Crippen LogP contribution in [0.2, 0.25) is 0 Å². The summed E-state index contributed by atoms with van der Waals surface area (Å²) in [5.74, 6) is -1.68. The fourth-order valence-corrected chi connectivity index (χ4v) is 5.44. The molecule has 44 heavy (non-hydrogen) atoms. The summed E-state index contributed by atoms with van der Waals surface area (Å²) in [7, 11) is 0. The Morgan fingerprint density at radius 1 is 1.07 bits per heavy atom. The van der Waals surface area contributed by atoms with Crippen LogP contribution in [0.3, 0.4) is 0 Å². The van der Waals surface area contributed by atoms with Gasteiger partial charge in [-0.05, 0) is 85.7 Å². The van der Waals surface area contributed by atoms with Crippen molar-refractivity contribution < 1.29 is 43.2 Å². The molecule has 0 radical (unpaired) electrons. The van der Waals surface area contributed by atoms with Crippen LogP contribution in [0, 0.1) is 3.57 Å². The quantitative estimate of drug-likeness (QED) is 0.235. The van der Waals surface area contributed by atoms with Crippen molar-refractivity contribution in [3.8, 4) is 0 Å². The van der Waals surface area contributed by atoms with E-state index in [-0.39, 0.29) is 45.1 Å². The number of carbonyl (C=O) groups excluding carboxylic acids is 4. The van der Waals surface area contributed by atoms with Crippen molar-refractivity contribution >= 4 is 46.3 Å². The van der Waals surface area contributed by atoms with Crippen LogP contribution in [0.25, 0.3) is 0 Å². The molecule has 4 atom stereocenters. The van der Waals surface area contributed by atoms with Crippen LogP contribution in [0.4, 0.5) is 0 Å². The van der Waals surface area contributed by atoms with Gasteiger partial charge in [0.25, 0.3) is 5.91 Å². The van der Waals surface area contributed by atoms with Crippen LogP contribution in [-0.2, 0) is 35.1 Å². The zero-order valence-electron chi connectivity index (χ0n) is 24.8. The molecular formula is C32H37IN2O9. The van der Waals surface area contributed by atoms with E-state index in [1.807, 2.05) is 12.1 Å². The molecule has 3 N–H and O–H groups in total. The van der Waals surface area contributed by atoms with Crippen LogP contribution < -0.4 is 10.6 Å². The summed E-state index contributed by atoms with van der Waals surface area (Å²) >= 11 is 2.07. The first-order chi connectivity index (χ1) is 20.9. The van der Waals surface area contributed by atoms with Gasteiger partial charge >= 0.3 is 11.9 Å². The van der Waals surface area contributed by atoms with E-state index in [1.54, 1.807) is 63.2 Å². The van der Waals surface area contributed by atoms with Crippen LogP contribution in [0.15, 0.2) is 60.2 Å². The number of ether oxygens (including phenoxy) is 4. The fourth-order valence-electron chi connectivity index (χ4n) is 4.83. The Kier molecular flexibility index (Phi) is 11.5. The van der Waals surface area contributed by atoms with E-state index in [0.717, 1.165) is 3.57 Å². The summed E-state index contributed by atoms with van der Waals surface area (Å²) in [6, 6.07) is 13.2. The van der Waals surface area contributed by atoms with Gasteiger partial charge in [-0.3, -0.25) is 14.4 Å². The molecule has 1 aliphatic heterocycles. The van der Waals surface area contributed by atoms with Gasteiger partial charge in [-0.15, -0.1) is 0 Å². The molecule has 4 rings (SSSR count). The highest BCUT2D eigenvalue weighted by molar-refractivity contribution is 14.1. The Balaban J connectivity index is 1.33. The van der Waals surface area contributed by atoms with Gasteiger partial charge in [-0.25, -0.2) is 4.79 Å². The number of hydrogen-bond donors (Lipinski definition) is 3. The van der Waals surface area contributed by atoms with E-state index in [1.165, 1.54) is 0 Å². The summed E-state index contributed by atoms with van der Waals surface area (Å²) in [6.45, 7) is 5.14. The minimum atomic E-state index is -0.710. The molecule has 0 spiro atoms. The third kappa shape index (κ3) is 9.34. The van der Waals surface area contributed by atoms with Crippen molar-refractivity contribution in [2.75, 3.05) is 13.4 Å². The van der Waals surface area contributed by atoms with Crippen molar-refractivity contribution in [1.82, 2.24) is 10.6 Å². The Morgan fingerprint density at radius 3 is 2.57 bits per heavy atom. The molecule has 2 aliphatic rings. The normalized spacial score (nSPS) is 20.1. The fraction of sp³-hybridized carbons (Fsp3) is 0.438. The highest BCUT2D eigenvalue weighted by atomic mass is 127. The molecule has 1 aliphatic carbocycles. The molecule has 12 heteroatoms. The molecule has 1 fully saturated rings. The van der Waals surface area contributed by atoms with Crippen molar-refractivity contribution in [3.05, 3.63) is 80.4 Å². The summed E-state index contributed by atoms with van der Waals surface area (Å²) < 4.78 is 23.1. The maximum Gasteiger partial charge on any atom is 0.339 e. The smallest absolute Gasteiger partial charge is 0.339 e. The molecule has 0 saturated carbocycles. The topological polar surface area (TPSA) is 149 Å². The summed E-state index contributed by atoms with van der Waals surface area (Å²) in [5.41, 5.74) is 1.24. The lowest BCUT2D eigenvalue weighted by Crippen LogP contribution is -2.43. The van der Waals surface area contributed by atoms with Gasteiger partial charge in [0.05, 0.1) is 18.2 Å². The molecule has 236 valence electrons. The minimum Gasteiger partial charge on any atom is -0.460 e. The van der Waals surface area contributed by atoms with Gasteiger partial charge in [0.2, 0.25) is 5.91 Å². The number of benzene rings is 2. The van der Waals surface area contributed by atoms with E-state index >= 15 is 0 Å². The SMILES string of the molecule is CC(C)(C)OC(=O)CC[C@@H](CO)NC(=O)c1cccc(CNC(=O)C2=C[C@H]3OCO[C@H]3[C@H](OC(=O)c3ccccc3I)C2)c1. The zero-order valence-corrected chi connectivity index (χ0v) is 27.0. The van der Waals surface area contributed by atoms with Crippen molar-refractivity contribution in [1.29, 1.82) is 0 Å². The Bertz CT molecular complexity index is 1400. The second-order valence-corrected chi connectivity index (χ2v) is 12.7. The second-order valence-electron chi connectivity index (χ2n) is 11.6. The highest BCUT2D eigenvalue weighted by Gasteiger charge is 2.42. The Hall–Kier alpha value is -3.33. The number of esters is 2. The number of amides is 2. The Morgan fingerprint density at radius 2 is 1.84 bits per heavy atom. The average molecular weight is 721 g/mol. The van der Waals surface area contributed by atoms with Crippen LogP contribution in [-0.4, -0.2) is 72.2 Å². The first-order valence-corrected chi connectivity index (χ1v) is 15.4. The largest absolute Gasteiger partial charge is 0.460 e. The van der Waals surface area contributed by atoms with E-state index < -0.39 is 47.8 Å². The van der Waals surface area contributed by atoms with Gasteiger partial charge < -0.3 is 34.7 Å². The van der Waals surface area contributed by atoms with E-state index in [4.69, 9.17) is 18.9 Å². The van der Waals surface area contributed by atoms with Gasteiger partial charge in [0, 0.05) is 34.1 Å². The third-order valence-corrected chi connectivity index (χ3v) is 7.90. The molecule has 0 bridgehead atoms. The van der Waals surface area contributed by atoms with Crippen LogP contribution in [0.1, 0.15) is 66.3 Å². The lowest BCUT2D eigenvalue weighted by molar-refractivity contribution is -0.155. The predicted molar refractivity (Wildman–Crippen MR) is 167 cm³/mol. The number of fused-ring (bicyclic) bond motifs is 1. The average Bonchev–Trinajstić information content (AvgIpc) is 3.46. The van der Waals surface area contributed by atoms with Crippen LogP contribution >= 0.6 is 22.6 Å². The first kappa shape index (κ1) is 33.6. The predicted octanol–water partition coefficient (Wildman–Crippen LogP) is 3.42. The molecule has 1 heterocycles. The summed E-state index contributed by atoms with van der Waals surface area (Å²) in [4.78, 5) is 51.0. The van der Waals surface area contributed by atoms with Gasteiger partial charge in [0.1, 0.15) is 30.7 Å². The molecule has 2 amide bonds.